The summed E-state index contributed by atoms with van der Waals surface area (Å²) in [4.78, 5) is 42.7. The van der Waals surface area contributed by atoms with Crippen molar-refractivity contribution in [2.45, 2.75) is 57.7 Å². The summed E-state index contributed by atoms with van der Waals surface area (Å²) in [5, 5.41) is 9.21. The Morgan fingerprint density at radius 2 is 1.79 bits per heavy atom. The molecule has 3 saturated heterocycles. The molecule has 2 atom stereocenters. The van der Waals surface area contributed by atoms with Crippen molar-refractivity contribution in [3.8, 4) is 0 Å². The Labute approximate surface area is 170 Å². The molecule has 0 saturated carbocycles. The summed E-state index contributed by atoms with van der Waals surface area (Å²) >= 11 is 1.73. The topological polar surface area (TPSA) is 90.4 Å². The molecule has 0 unspecified atom stereocenters. The number of carboxylic acid groups (broad SMARTS) is 1. The van der Waals surface area contributed by atoms with Crippen molar-refractivity contribution in [1.82, 2.24) is 14.7 Å². The minimum atomic E-state index is -0.735. The minimum Gasteiger partial charge on any atom is -0.481 e. The predicted octanol–water partition coefficient (Wildman–Crippen LogP) is 1.69. The molecule has 0 aromatic heterocycles. The van der Waals surface area contributed by atoms with Crippen molar-refractivity contribution >= 4 is 29.7 Å². The third kappa shape index (κ3) is 4.92. The van der Waals surface area contributed by atoms with E-state index in [0.29, 0.717) is 44.8 Å². The van der Waals surface area contributed by atoms with Crippen molar-refractivity contribution in [3.05, 3.63) is 0 Å². The van der Waals surface area contributed by atoms with Crippen molar-refractivity contribution < 1.29 is 24.2 Å². The van der Waals surface area contributed by atoms with E-state index in [4.69, 9.17) is 4.74 Å². The molecule has 2 amide bonds. The fourth-order valence-electron chi connectivity index (χ4n) is 4.14. The number of carboxylic acids is 1. The van der Waals surface area contributed by atoms with Gasteiger partial charge >= 0.3 is 12.1 Å². The molecule has 3 aliphatic heterocycles. The maximum atomic E-state index is 13.1. The second kappa shape index (κ2) is 8.49. The Hall–Kier alpha value is -1.48. The first kappa shape index (κ1) is 21.2. The number of thioether (sulfide) groups is 1. The highest BCUT2D eigenvalue weighted by Gasteiger charge is 2.45. The highest BCUT2D eigenvalue weighted by Crippen LogP contribution is 2.30. The molecule has 3 fully saturated rings. The zero-order chi connectivity index (χ0) is 20.5. The third-order valence-electron chi connectivity index (χ3n) is 5.65. The summed E-state index contributed by atoms with van der Waals surface area (Å²) in [6.45, 7) is 8.00. The van der Waals surface area contributed by atoms with E-state index in [1.807, 2.05) is 25.7 Å². The molecule has 0 bridgehead atoms. The van der Waals surface area contributed by atoms with Crippen molar-refractivity contribution in [1.29, 1.82) is 0 Å². The molecule has 28 heavy (non-hydrogen) atoms. The van der Waals surface area contributed by atoms with E-state index < -0.39 is 23.7 Å². The van der Waals surface area contributed by atoms with Gasteiger partial charge in [-0.1, -0.05) is 0 Å². The monoisotopic (exact) mass is 413 g/mol. The average Bonchev–Trinajstić information content (AvgIpc) is 3.30. The van der Waals surface area contributed by atoms with Gasteiger partial charge in [-0.3, -0.25) is 19.4 Å². The molecule has 0 radical (unpaired) electrons. The zero-order valence-electron chi connectivity index (χ0n) is 16.9. The summed E-state index contributed by atoms with van der Waals surface area (Å²) in [6, 6.07) is -0.442. The average molecular weight is 414 g/mol. The lowest BCUT2D eigenvalue weighted by Crippen LogP contribution is -2.48. The Morgan fingerprint density at radius 3 is 2.32 bits per heavy atom. The first-order chi connectivity index (χ1) is 13.2. The van der Waals surface area contributed by atoms with Crippen LogP contribution in [0.5, 0.6) is 0 Å². The van der Waals surface area contributed by atoms with Gasteiger partial charge in [-0.15, -0.1) is 11.8 Å². The molecule has 158 valence electrons. The van der Waals surface area contributed by atoms with Crippen LogP contribution >= 0.6 is 11.8 Å². The molecular weight excluding hydrogens is 382 g/mol. The second-order valence-corrected chi connectivity index (χ2v) is 9.90. The molecule has 3 aliphatic rings. The second-order valence-electron chi connectivity index (χ2n) is 8.83. The number of piperidine rings is 1. The van der Waals surface area contributed by atoms with E-state index >= 15 is 0 Å². The third-order valence-corrected chi connectivity index (χ3v) is 6.62. The number of amides is 2. The smallest absolute Gasteiger partial charge is 0.411 e. The lowest BCUT2D eigenvalue weighted by Gasteiger charge is -2.34. The Kier molecular flexibility index (Phi) is 6.44. The van der Waals surface area contributed by atoms with Crippen LogP contribution in [0.25, 0.3) is 0 Å². The number of carbonyl (C=O) groups excluding carboxylic acids is 2. The van der Waals surface area contributed by atoms with Gasteiger partial charge < -0.3 is 14.7 Å². The highest BCUT2D eigenvalue weighted by molar-refractivity contribution is 7.99. The summed E-state index contributed by atoms with van der Waals surface area (Å²) < 4.78 is 5.56. The first-order valence-electron chi connectivity index (χ1n) is 9.98. The number of hydrogen-bond acceptors (Lipinski definition) is 6. The normalized spacial score (nSPS) is 27.2. The van der Waals surface area contributed by atoms with E-state index in [-0.39, 0.29) is 17.9 Å². The number of carbonyl (C=O) groups is 3. The first-order valence-corrected chi connectivity index (χ1v) is 11.1. The van der Waals surface area contributed by atoms with Crippen molar-refractivity contribution in [3.63, 3.8) is 0 Å². The van der Waals surface area contributed by atoms with Crippen LogP contribution in [0.4, 0.5) is 4.79 Å². The Bertz CT molecular complexity index is 609. The summed E-state index contributed by atoms with van der Waals surface area (Å²) in [5.41, 5.74) is -0.619. The van der Waals surface area contributed by atoms with Gasteiger partial charge in [-0.2, -0.15) is 0 Å². The lowest BCUT2D eigenvalue weighted by atomic mass is 9.95. The number of hydrogen-bond donors (Lipinski definition) is 1. The van der Waals surface area contributed by atoms with Crippen LogP contribution in [0.3, 0.4) is 0 Å². The van der Waals surface area contributed by atoms with Gasteiger partial charge in [0.05, 0.1) is 11.8 Å². The maximum Gasteiger partial charge on any atom is 0.411 e. The van der Waals surface area contributed by atoms with Crippen molar-refractivity contribution in [2.24, 2.45) is 5.92 Å². The summed E-state index contributed by atoms with van der Waals surface area (Å²) in [6.07, 6.45) is 1.36. The van der Waals surface area contributed by atoms with Crippen LogP contribution in [0, 0.1) is 5.92 Å². The molecular formula is C19H31N3O5S. The summed E-state index contributed by atoms with van der Waals surface area (Å²) in [7, 11) is 0. The van der Waals surface area contributed by atoms with E-state index in [0.717, 1.165) is 12.3 Å². The van der Waals surface area contributed by atoms with Gasteiger partial charge in [-0.05, 0) is 53.1 Å². The largest absolute Gasteiger partial charge is 0.481 e. The fourth-order valence-corrected chi connectivity index (χ4v) is 5.10. The number of rotatable bonds is 3. The molecule has 0 spiro atoms. The lowest BCUT2D eigenvalue weighted by molar-refractivity contribution is -0.143. The predicted molar refractivity (Wildman–Crippen MR) is 106 cm³/mol. The van der Waals surface area contributed by atoms with Crippen LogP contribution < -0.4 is 0 Å². The minimum absolute atomic E-state index is 0.00113. The van der Waals surface area contributed by atoms with E-state index in [9.17, 15) is 19.5 Å². The van der Waals surface area contributed by atoms with Crippen molar-refractivity contribution in [2.75, 3.05) is 37.8 Å². The van der Waals surface area contributed by atoms with E-state index in [1.165, 1.54) is 0 Å². The number of ether oxygens (including phenoxy) is 1. The van der Waals surface area contributed by atoms with Gasteiger partial charge in [0.15, 0.2) is 0 Å². The molecule has 8 nitrogen and oxygen atoms in total. The van der Waals surface area contributed by atoms with Crippen LogP contribution in [-0.2, 0) is 14.3 Å². The SMILES string of the molecule is CC(C)(C)OC(=O)N1C[C@@H](N2CCC(C(=O)O)CC2)C[C@H]1C(=O)N1CCSC1. The van der Waals surface area contributed by atoms with E-state index in [1.54, 1.807) is 16.7 Å². The number of aliphatic carboxylic acids is 1. The zero-order valence-corrected chi connectivity index (χ0v) is 17.7. The van der Waals surface area contributed by atoms with Crippen LogP contribution in [-0.4, -0.2) is 93.3 Å². The Balaban J connectivity index is 1.70. The maximum absolute atomic E-state index is 13.1. The van der Waals surface area contributed by atoms with E-state index in [2.05, 4.69) is 4.90 Å². The molecule has 3 heterocycles. The highest BCUT2D eigenvalue weighted by atomic mass is 32.2. The van der Waals surface area contributed by atoms with Gasteiger partial charge in [0.25, 0.3) is 0 Å². The van der Waals surface area contributed by atoms with Crippen LogP contribution in [0.1, 0.15) is 40.0 Å². The number of likely N-dealkylation sites (tertiary alicyclic amines) is 2. The fraction of sp³-hybridized carbons (Fsp3) is 0.842. The van der Waals surface area contributed by atoms with Gasteiger partial charge in [0.1, 0.15) is 11.6 Å². The van der Waals surface area contributed by atoms with Crippen LogP contribution in [0.15, 0.2) is 0 Å². The molecule has 0 aromatic carbocycles. The molecule has 9 heteroatoms. The van der Waals surface area contributed by atoms with Gasteiger partial charge in [0, 0.05) is 24.9 Å². The quantitative estimate of drug-likeness (QED) is 0.753. The summed E-state index contributed by atoms with van der Waals surface area (Å²) in [5.74, 6) is 0.571. The molecule has 0 aliphatic carbocycles. The molecule has 0 aromatic rings. The molecule has 3 rings (SSSR count). The standard InChI is InChI=1S/C19H31N3O5S/c1-19(2,3)27-18(26)22-11-14(20-6-4-13(5-7-20)17(24)25)10-15(22)16(23)21-8-9-28-12-21/h13-15H,4-12H2,1-3H3,(H,24,25)/t14-,15-/m0/s1. The van der Waals surface area contributed by atoms with Gasteiger partial charge in [0.2, 0.25) is 5.91 Å². The molecule has 1 N–H and O–H groups in total. The number of nitrogens with zero attached hydrogens (tertiary/aromatic N) is 3. The Morgan fingerprint density at radius 1 is 1.11 bits per heavy atom. The van der Waals surface area contributed by atoms with Crippen LogP contribution in [0.2, 0.25) is 0 Å². The van der Waals surface area contributed by atoms with Gasteiger partial charge in [-0.25, -0.2) is 4.79 Å².